The molecule has 1 aliphatic heterocycles. The molecule has 0 spiro atoms. The molecule has 1 N–H and O–H groups in total. The van der Waals surface area contributed by atoms with Gasteiger partial charge in [-0.15, -0.1) is 0 Å². The second-order valence-corrected chi connectivity index (χ2v) is 5.63. The van der Waals surface area contributed by atoms with Gasteiger partial charge in [0, 0.05) is 25.1 Å². The summed E-state index contributed by atoms with van der Waals surface area (Å²) in [5.74, 6) is -0.931. The molecular weight excluding hydrogens is 286 g/mol. The molecule has 118 valence electrons. The van der Waals surface area contributed by atoms with E-state index in [1.54, 1.807) is 0 Å². The zero-order valence-corrected chi connectivity index (χ0v) is 12.0. The maximum Gasteiger partial charge on any atom is 0.416 e. The molecule has 21 heavy (non-hydrogen) atoms. The number of benzene rings is 1. The van der Waals surface area contributed by atoms with Gasteiger partial charge in [0.1, 0.15) is 5.82 Å². The summed E-state index contributed by atoms with van der Waals surface area (Å²) < 4.78 is 57.9. The second-order valence-electron chi connectivity index (χ2n) is 5.63. The molecule has 2 unspecified atom stereocenters. The summed E-state index contributed by atoms with van der Waals surface area (Å²) in [6.45, 7) is 4.95. The summed E-state index contributed by atoms with van der Waals surface area (Å²) in [4.78, 5) is 0. The summed E-state index contributed by atoms with van der Waals surface area (Å²) in [5.41, 5.74) is -0.916. The van der Waals surface area contributed by atoms with E-state index < -0.39 is 23.7 Å². The molecule has 1 heterocycles. The molecule has 1 aliphatic rings. The standard InChI is InChI=1S/C15H19F4NO/c1-9(2)20-8-10-5-6-21-14(10)12-4-3-11(16)7-13(12)15(17,18)19/h3-4,7,9-10,14,20H,5-6,8H2,1-2H3. The van der Waals surface area contributed by atoms with Crippen molar-refractivity contribution in [2.75, 3.05) is 13.2 Å². The highest BCUT2D eigenvalue weighted by Crippen LogP contribution is 2.41. The van der Waals surface area contributed by atoms with E-state index in [4.69, 9.17) is 4.74 Å². The van der Waals surface area contributed by atoms with Crippen LogP contribution in [0.4, 0.5) is 17.6 Å². The molecule has 1 fully saturated rings. The zero-order valence-electron chi connectivity index (χ0n) is 12.0. The highest BCUT2D eigenvalue weighted by atomic mass is 19.4. The third kappa shape index (κ3) is 3.95. The van der Waals surface area contributed by atoms with E-state index in [0.29, 0.717) is 25.6 Å². The van der Waals surface area contributed by atoms with Gasteiger partial charge in [-0.25, -0.2) is 4.39 Å². The lowest BCUT2D eigenvalue weighted by Crippen LogP contribution is -2.30. The second kappa shape index (κ2) is 6.32. The smallest absolute Gasteiger partial charge is 0.373 e. The fourth-order valence-corrected chi connectivity index (χ4v) is 2.60. The van der Waals surface area contributed by atoms with Crippen molar-refractivity contribution >= 4 is 0 Å². The third-order valence-electron chi connectivity index (χ3n) is 3.63. The number of nitrogens with one attached hydrogen (secondary N) is 1. The summed E-state index contributed by atoms with van der Waals surface area (Å²) in [7, 11) is 0. The molecule has 2 nitrogen and oxygen atoms in total. The SMILES string of the molecule is CC(C)NCC1CCOC1c1ccc(F)cc1C(F)(F)F. The van der Waals surface area contributed by atoms with Crippen LogP contribution in [-0.2, 0) is 10.9 Å². The number of rotatable bonds is 4. The van der Waals surface area contributed by atoms with E-state index in [9.17, 15) is 17.6 Å². The van der Waals surface area contributed by atoms with Crippen molar-refractivity contribution in [3.8, 4) is 0 Å². The largest absolute Gasteiger partial charge is 0.416 e. The number of ether oxygens (including phenoxy) is 1. The number of hydrogen-bond acceptors (Lipinski definition) is 2. The van der Waals surface area contributed by atoms with Crippen LogP contribution in [-0.4, -0.2) is 19.2 Å². The Morgan fingerprint density at radius 2 is 2.05 bits per heavy atom. The normalized spacial score (nSPS) is 23.0. The molecule has 0 aliphatic carbocycles. The van der Waals surface area contributed by atoms with Gasteiger partial charge in [-0.1, -0.05) is 19.9 Å². The van der Waals surface area contributed by atoms with Crippen LogP contribution in [0.15, 0.2) is 18.2 Å². The first-order valence-corrected chi connectivity index (χ1v) is 7.00. The molecule has 0 amide bonds. The van der Waals surface area contributed by atoms with Crippen molar-refractivity contribution in [2.45, 2.75) is 38.6 Å². The molecule has 1 aromatic rings. The van der Waals surface area contributed by atoms with Crippen molar-refractivity contribution < 1.29 is 22.3 Å². The van der Waals surface area contributed by atoms with Crippen LogP contribution in [0.5, 0.6) is 0 Å². The Bertz CT molecular complexity index is 487. The Hall–Kier alpha value is -1.14. The lowest BCUT2D eigenvalue weighted by molar-refractivity contribution is -0.139. The average Bonchev–Trinajstić information content (AvgIpc) is 2.83. The topological polar surface area (TPSA) is 21.3 Å². The molecular formula is C15H19F4NO. The predicted molar refractivity (Wildman–Crippen MR) is 71.3 cm³/mol. The van der Waals surface area contributed by atoms with Crippen LogP contribution in [0.25, 0.3) is 0 Å². The molecule has 1 aromatic carbocycles. The Kier molecular flexibility index (Phi) is 4.88. The van der Waals surface area contributed by atoms with Crippen LogP contribution in [0.2, 0.25) is 0 Å². The fourth-order valence-electron chi connectivity index (χ4n) is 2.60. The van der Waals surface area contributed by atoms with Gasteiger partial charge in [0.05, 0.1) is 11.7 Å². The van der Waals surface area contributed by atoms with Crippen molar-refractivity contribution in [3.63, 3.8) is 0 Å². The van der Waals surface area contributed by atoms with Gasteiger partial charge >= 0.3 is 6.18 Å². The highest BCUT2D eigenvalue weighted by Gasteiger charge is 2.39. The van der Waals surface area contributed by atoms with E-state index in [-0.39, 0.29) is 17.5 Å². The van der Waals surface area contributed by atoms with Crippen molar-refractivity contribution in [1.82, 2.24) is 5.32 Å². The Balaban J connectivity index is 2.28. The molecule has 0 bridgehead atoms. The maximum atomic E-state index is 13.2. The van der Waals surface area contributed by atoms with Crippen LogP contribution in [0.3, 0.4) is 0 Å². The van der Waals surface area contributed by atoms with Gasteiger partial charge in [-0.2, -0.15) is 13.2 Å². The monoisotopic (exact) mass is 305 g/mol. The first kappa shape index (κ1) is 16.2. The quantitative estimate of drug-likeness (QED) is 0.851. The summed E-state index contributed by atoms with van der Waals surface area (Å²) in [6, 6.07) is 3.04. The van der Waals surface area contributed by atoms with E-state index in [0.717, 1.165) is 6.07 Å². The van der Waals surface area contributed by atoms with Crippen LogP contribution in [0.1, 0.15) is 37.5 Å². The summed E-state index contributed by atoms with van der Waals surface area (Å²) in [5, 5.41) is 3.22. The van der Waals surface area contributed by atoms with Gasteiger partial charge in [0.2, 0.25) is 0 Å². The van der Waals surface area contributed by atoms with E-state index >= 15 is 0 Å². The molecule has 2 atom stereocenters. The lowest BCUT2D eigenvalue weighted by atomic mass is 9.91. The highest BCUT2D eigenvalue weighted by molar-refractivity contribution is 5.33. The number of hydrogen-bond donors (Lipinski definition) is 1. The van der Waals surface area contributed by atoms with Crippen molar-refractivity contribution in [3.05, 3.63) is 35.1 Å². The van der Waals surface area contributed by atoms with E-state index in [1.807, 2.05) is 13.8 Å². The average molecular weight is 305 g/mol. The van der Waals surface area contributed by atoms with Crippen LogP contribution in [0, 0.1) is 11.7 Å². The maximum absolute atomic E-state index is 13.2. The predicted octanol–water partition coefficient (Wildman–Crippen LogP) is 3.92. The van der Waals surface area contributed by atoms with Gasteiger partial charge in [0.25, 0.3) is 0 Å². The Morgan fingerprint density at radius 1 is 1.33 bits per heavy atom. The van der Waals surface area contributed by atoms with Crippen LogP contribution >= 0.6 is 0 Å². The van der Waals surface area contributed by atoms with Gasteiger partial charge in [-0.3, -0.25) is 0 Å². The number of halogens is 4. The lowest BCUT2D eigenvalue weighted by Gasteiger charge is -2.23. The molecule has 0 saturated carbocycles. The Morgan fingerprint density at radius 3 is 2.67 bits per heavy atom. The molecule has 0 aromatic heterocycles. The van der Waals surface area contributed by atoms with Gasteiger partial charge in [0.15, 0.2) is 0 Å². The minimum atomic E-state index is -4.58. The van der Waals surface area contributed by atoms with E-state index in [1.165, 1.54) is 6.07 Å². The summed E-state index contributed by atoms with van der Waals surface area (Å²) in [6.07, 6.45) is -4.54. The third-order valence-corrected chi connectivity index (χ3v) is 3.63. The van der Waals surface area contributed by atoms with Crippen molar-refractivity contribution in [1.29, 1.82) is 0 Å². The van der Waals surface area contributed by atoms with Gasteiger partial charge in [-0.05, 0) is 24.1 Å². The summed E-state index contributed by atoms with van der Waals surface area (Å²) >= 11 is 0. The first-order chi connectivity index (χ1) is 9.79. The first-order valence-electron chi connectivity index (χ1n) is 7.00. The molecule has 0 radical (unpaired) electrons. The minimum Gasteiger partial charge on any atom is -0.373 e. The fraction of sp³-hybridized carbons (Fsp3) is 0.600. The van der Waals surface area contributed by atoms with Crippen LogP contribution < -0.4 is 5.32 Å². The molecule has 2 rings (SSSR count). The molecule has 6 heteroatoms. The van der Waals surface area contributed by atoms with Gasteiger partial charge < -0.3 is 10.1 Å². The number of alkyl halides is 3. The molecule has 1 saturated heterocycles. The van der Waals surface area contributed by atoms with E-state index in [2.05, 4.69) is 5.32 Å². The minimum absolute atomic E-state index is 0.0250. The Labute approximate surface area is 121 Å². The van der Waals surface area contributed by atoms with Crippen molar-refractivity contribution in [2.24, 2.45) is 5.92 Å². The zero-order chi connectivity index (χ0) is 15.6.